The summed E-state index contributed by atoms with van der Waals surface area (Å²) in [7, 11) is 0. The van der Waals surface area contributed by atoms with Gasteiger partial charge in [0.15, 0.2) is 17.5 Å². The summed E-state index contributed by atoms with van der Waals surface area (Å²) < 4.78 is 0. The summed E-state index contributed by atoms with van der Waals surface area (Å²) >= 11 is 0. The fourth-order valence-corrected chi connectivity index (χ4v) is 9.70. The van der Waals surface area contributed by atoms with Crippen molar-refractivity contribution in [3.8, 4) is 78.7 Å². The predicted octanol–water partition coefficient (Wildman–Crippen LogP) is 15.5. The zero-order valence-electron chi connectivity index (χ0n) is 35.3. The molecule has 1 aliphatic carbocycles. The zero-order valence-corrected chi connectivity index (χ0v) is 35.3. The molecule has 0 aliphatic heterocycles. The van der Waals surface area contributed by atoms with E-state index in [0.717, 1.165) is 56.5 Å². The van der Waals surface area contributed by atoms with Crippen molar-refractivity contribution in [3.05, 3.63) is 230 Å². The Hall–Kier alpha value is -8.60. The molecule has 0 amide bonds. The topological polar surface area (TPSA) is 51.6 Å². The van der Waals surface area contributed by atoms with Gasteiger partial charge in [0.1, 0.15) is 0 Å². The molecule has 0 atom stereocenters. The maximum absolute atomic E-state index is 5.35. The van der Waals surface area contributed by atoms with Crippen LogP contribution in [0, 0.1) is 0 Å². The molecule has 0 N–H and O–H groups in total. The molecule has 1 aliphatic rings. The molecule has 4 nitrogen and oxygen atoms in total. The van der Waals surface area contributed by atoms with Gasteiger partial charge in [-0.15, -0.1) is 0 Å². The van der Waals surface area contributed by atoms with Gasteiger partial charge >= 0.3 is 0 Å². The lowest BCUT2D eigenvalue weighted by molar-refractivity contribution is 1.07. The first-order valence-electron chi connectivity index (χ1n) is 22.1. The number of nitrogens with zero attached hydrogens (tertiary/aromatic N) is 4. The predicted molar refractivity (Wildman–Crippen MR) is 269 cm³/mol. The molecule has 13 rings (SSSR count). The van der Waals surface area contributed by atoms with E-state index in [0.29, 0.717) is 17.5 Å². The molecular weight excluding hydrogens is 789 g/mol. The number of benzene rings is 10. The van der Waals surface area contributed by atoms with Crippen molar-refractivity contribution in [1.82, 2.24) is 19.9 Å². The number of aromatic nitrogens is 4. The highest BCUT2D eigenvalue weighted by atomic mass is 15.0. The Labute approximate surface area is 376 Å². The maximum atomic E-state index is 5.35. The summed E-state index contributed by atoms with van der Waals surface area (Å²) in [4.78, 5) is 20.2. The maximum Gasteiger partial charge on any atom is 0.164 e. The molecule has 10 aromatic carbocycles. The van der Waals surface area contributed by atoms with Gasteiger partial charge in [-0.3, -0.25) is 4.98 Å². The van der Waals surface area contributed by atoms with Gasteiger partial charge in [0.25, 0.3) is 0 Å². The van der Waals surface area contributed by atoms with Crippen LogP contribution in [0.2, 0.25) is 0 Å². The Morgan fingerprint density at radius 2 is 0.738 bits per heavy atom. The van der Waals surface area contributed by atoms with E-state index in [1.54, 1.807) is 6.20 Å². The highest BCUT2D eigenvalue weighted by molar-refractivity contribution is 6.02. The molecule has 12 aromatic rings. The molecule has 0 unspecified atom stereocenters. The van der Waals surface area contributed by atoms with Gasteiger partial charge in [0.05, 0.1) is 0 Å². The van der Waals surface area contributed by atoms with Gasteiger partial charge in [0.2, 0.25) is 0 Å². The fourth-order valence-electron chi connectivity index (χ4n) is 9.70. The van der Waals surface area contributed by atoms with Gasteiger partial charge in [-0.25, -0.2) is 15.0 Å². The van der Waals surface area contributed by atoms with Crippen LogP contribution in [0.5, 0.6) is 0 Å². The summed E-state index contributed by atoms with van der Waals surface area (Å²) in [6.07, 6.45) is 4.61. The molecule has 302 valence electrons. The third-order valence-electron chi connectivity index (χ3n) is 13.1. The second-order valence-electron chi connectivity index (χ2n) is 17.2. The van der Waals surface area contributed by atoms with Gasteiger partial charge in [0, 0.05) is 29.1 Å². The number of rotatable bonds is 6. The van der Waals surface area contributed by atoms with Crippen LogP contribution in [0.25, 0.3) is 122 Å². The first kappa shape index (κ1) is 37.0. The van der Waals surface area contributed by atoms with Crippen LogP contribution >= 0.6 is 0 Å². The first-order chi connectivity index (χ1) is 32.1. The molecule has 2 heterocycles. The van der Waals surface area contributed by atoms with E-state index in [1.165, 1.54) is 65.3 Å². The number of hydrogen-bond donors (Lipinski definition) is 0. The number of fused-ring (bicyclic) bond motifs is 7. The molecule has 0 saturated heterocycles. The smallest absolute Gasteiger partial charge is 0.164 e. The Balaban J connectivity index is 1.01. The van der Waals surface area contributed by atoms with E-state index in [-0.39, 0.29) is 0 Å². The minimum absolute atomic E-state index is 0.615. The monoisotopic (exact) mass is 826 g/mol. The molecule has 0 fully saturated rings. The normalized spacial score (nSPS) is 11.9. The van der Waals surface area contributed by atoms with Crippen molar-refractivity contribution >= 4 is 43.1 Å². The Kier molecular flexibility index (Phi) is 8.56. The third-order valence-corrected chi connectivity index (χ3v) is 13.1. The van der Waals surface area contributed by atoms with E-state index in [1.807, 2.05) is 12.3 Å². The summed E-state index contributed by atoms with van der Waals surface area (Å²) in [6, 6.07) is 74.5. The van der Waals surface area contributed by atoms with Crippen molar-refractivity contribution in [2.24, 2.45) is 0 Å². The van der Waals surface area contributed by atoms with Crippen LogP contribution in [0.15, 0.2) is 219 Å². The Morgan fingerprint density at radius 3 is 1.35 bits per heavy atom. The quantitative estimate of drug-likeness (QED) is 0.157. The second-order valence-corrected chi connectivity index (χ2v) is 17.2. The van der Waals surface area contributed by atoms with Gasteiger partial charge in [-0.05, 0) is 172 Å². The van der Waals surface area contributed by atoms with E-state index >= 15 is 0 Å². The SMILES string of the molecule is c1cncc(-c2ccc(-c3nc(-c4cc(-c5ccc6cc7ccccc7cc6c5)cc(-c5ccc6cc7ccccc7cc6c5)c4)nc(-c4ccc5c(c4)-c4ccccc4C5)n3)cc2)c1. The van der Waals surface area contributed by atoms with Crippen molar-refractivity contribution in [1.29, 1.82) is 0 Å². The molecule has 0 radical (unpaired) electrons. The standard InChI is InChI=1S/C61H38N4/c1-3-10-42-28-52-30-46(21-19-44(52)26-40(42)8-1)54-33-55(47-22-20-45-27-41-9-2-4-11-43(41)29-53(45)31-47)35-56(34-54)61-64-59(39-17-15-38(16-18-39)51-13-7-25-62-37-51)63-60(65-61)50-24-23-49-32-48-12-5-6-14-57(48)58(49)36-50/h1-31,33-37H,32H2. The molecular formula is C61H38N4. The summed E-state index contributed by atoms with van der Waals surface area (Å²) in [5.74, 6) is 1.87. The van der Waals surface area contributed by atoms with E-state index in [2.05, 4.69) is 205 Å². The molecule has 0 bridgehead atoms. The second kappa shape index (κ2) is 15.0. The summed E-state index contributed by atoms with van der Waals surface area (Å²) in [5.41, 5.74) is 14.5. The average Bonchev–Trinajstić information content (AvgIpc) is 3.75. The number of pyridine rings is 1. The minimum Gasteiger partial charge on any atom is -0.264 e. The lowest BCUT2D eigenvalue weighted by Gasteiger charge is -2.14. The van der Waals surface area contributed by atoms with E-state index < -0.39 is 0 Å². The molecule has 0 saturated carbocycles. The zero-order chi connectivity index (χ0) is 42.8. The Morgan fingerprint density at radius 1 is 0.262 bits per heavy atom. The van der Waals surface area contributed by atoms with Gasteiger partial charge in [-0.2, -0.15) is 0 Å². The van der Waals surface area contributed by atoms with E-state index in [9.17, 15) is 0 Å². The van der Waals surface area contributed by atoms with Crippen molar-refractivity contribution in [3.63, 3.8) is 0 Å². The highest BCUT2D eigenvalue weighted by Crippen LogP contribution is 2.40. The van der Waals surface area contributed by atoms with Gasteiger partial charge < -0.3 is 0 Å². The van der Waals surface area contributed by atoms with Crippen LogP contribution < -0.4 is 0 Å². The van der Waals surface area contributed by atoms with Crippen LogP contribution in [0.3, 0.4) is 0 Å². The fraction of sp³-hybridized carbons (Fsp3) is 0.0164. The van der Waals surface area contributed by atoms with Crippen molar-refractivity contribution in [2.75, 3.05) is 0 Å². The lowest BCUT2D eigenvalue weighted by atomic mass is 9.92. The van der Waals surface area contributed by atoms with Crippen LogP contribution in [0.4, 0.5) is 0 Å². The van der Waals surface area contributed by atoms with Gasteiger partial charge in [-0.1, -0.05) is 140 Å². The average molecular weight is 827 g/mol. The molecule has 4 heteroatoms. The van der Waals surface area contributed by atoms with E-state index in [4.69, 9.17) is 15.0 Å². The van der Waals surface area contributed by atoms with Crippen molar-refractivity contribution in [2.45, 2.75) is 6.42 Å². The minimum atomic E-state index is 0.615. The lowest BCUT2D eigenvalue weighted by Crippen LogP contribution is -2.01. The summed E-state index contributed by atoms with van der Waals surface area (Å²) in [6.45, 7) is 0. The van der Waals surface area contributed by atoms with Crippen molar-refractivity contribution < 1.29 is 0 Å². The largest absolute Gasteiger partial charge is 0.264 e. The molecule has 2 aromatic heterocycles. The highest BCUT2D eigenvalue weighted by Gasteiger charge is 2.21. The molecule has 0 spiro atoms. The van der Waals surface area contributed by atoms with Crippen LogP contribution in [0.1, 0.15) is 11.1 Å². The molecule has 65 heavy (non-hydrogen) atoms. The third kappa shape index (κ3) is 6.71. The first-order valence-corrected chi connectivity index (χ1v) is 22.1. The van der Waals surface area contributed by atoms with Crippen LogP contribution in [-0.2, 0) is 6.42 Å². The summed E-state index contributed by atoms with van der Waals surface area (Å²) in [5, 5.41) is 9.75. The number of hydrogen-bond acceptors (Lipinski definition) is 4. The Bertz CT molecular complexity index is 3720. The van der Waals surface area contributed by atoms with Crippen LogP contribution in [-0.4, -0.2) is 19.9 Å².